The van der Waals surface area contributed by atoms with Crippen molar-refractivity contribution in [3.63, 3.8) is 0 Å². The highest BCUT2D eigenvalue weighted by Gasteiger charge is 2.14. The van der Waals surface area contributed by atoms with Crippen LogP contribution in [0.15, 0.2) is 53.6 Å². The van der Waals surface area contributed by atoms with Crippen LogP contribution in [0.5, 0.6) is 11.5 Å². The van der Waals surface area contributed by atoms with Gasteiger partial charge in [-0.2, -0.15) is 5.10 Å². The molecule has 6 nitrogen and oxygen atoms in total. The predicted octanol–water partition coefficient (Wildman–Crippen LogP) is 4.53. The second-order valence-corrected chi connectivity index (χ2v) is 6.84. The summed E-state index contributed by atoms with van der Waals surface area (Å²) in [4.78, 5) is 12.2. The fraction of sp³-hybridized carbons (Fsp3) is 0.182. The third kappa shape index (κ3) is 4.43. The van der Waals surface area contributed by atoms with E-state index >= 15 is 0 Å². The average molecular weight is 412 g/mol. The minimum Gasteiger partial charge on any atom is -0.497 e. The van der Waals surface area contributed by atoms with Crippen molar-refractivity contribution in [3.8, 4) is 17.2 Å². The fourth-order valence-electron chi connectivity index (χ4n) is 3.09. The number of rotatable bonds is 6. The lowest BCUT2D eigenvalue weighted by Gasteiger charge is -2.14. The molecule has 0 aliphatic heterocycles. The molecule has 0 aliphatic rings. The van der Waals surface area contributed by atoms with Crippen molar-refractivity contribution >= 4 is 23.7 Å². The first kappa shape index (κ1) is 20.5. The van der Waals surface area contributed by atoms with Gasteiger partial charge in [0, 0.05) is 27.5 Å². The van der Waals surface area contributed by atoms with Crippen LogP contribution < -0.4 is 14.9 Å². The first-order valence-corrected chi connectivity index (χ1v) is 9.32. The molecule has 0 saturated heterocycles. The van der Waals surface area contributed by atoms with Crippen molar-refractivity contribution in [3.05, 3.63) is 76.1 Å². The molecule has 0 spiro atoms. The Morgan fingerprint density at radius 3 is 2.45 bits per heavy atom. The molecule has 3 aromatic rings. The maximum atomic E-state index is 12.2. The van der Waals surface area contributed by atoms with Crippen LogP contribution in [0.25, 0.3) is 5.69 Å². The van der Waals surface area contributed by atoms with Gasteiger partial charge in [-0.05, 0) is 62.4 Å². The van der Waals surface area contributed by atoms with Gasteiger partial charge in [0.05, 0.1) is 26.1 Å². The summed E-state index contributed by atoms with van der Waals surface area (Å²) < 4.78 is 12.6. The average Bonchev–Trinajstić information content (AvgIpc) is 3.01. The standard InChI is InChI=1S/C22H22ClN3O3/c1-14-11-17(13-24-25-22(27)16-5-8-19(28-3)9-6-16)15(2)26(14)20-12-18(23)7-10-21(20)29-4/h5-13H,1-4H3,(H,25,27)/b24-13-. The summed E-state index contributed by atoms with van der Waals surface area (Å²) in [6, 6.07) is 14.3. The summed E-state index contributed by atoms with van der Waals surface area (Å²) in [6.45, 7) is 3.96. The highest BCUT2D eigenvalue weighted by atomic mass is 35.5. The predicted molar refractivity (Wildman–Crippen MR) is 115 cm³/mol. The van der Waals surface area contributed by atoms with E-state index in [2.05, 4.69) is 10.5 Å². The molecule has 3 rings (SSSR count). The Kier molecular flexibility index (Phi) is 6.24. The molecular formula is C22H22ClN3O3. The number of nitrogens with zero attached hydrogens (tertiary/aromatic N) is 2. The molecule has 1 aromatic heterocycles. The number of aryl methyl sites for hydroxylation is 1. The van der Waals surface area contributed by atoms with Crippen molar-refractivity contribution in [2.24, 2.45) is 5.10 Å². The lowest BCUT2D eigenvalue weighted by Crippen LogP contribution is -2.17. The number of halogens is 1. The summed E-state index contributed by atoms with van der Waals surface area (Å²) in [7, 11) is 3.20. The van der Waals surface area contributed by atoms with E-state index in [-0.39, 0.29) is 5.91 Å². The first-order chi connectivity index (χ1) is 13.9. The van der Waals surface area contributed by atoms with Crippen LogP contribution in [0.1, 0.15) is 27.3 Å². The SMILES string of the molecule is COc1ccc(C(=O)N/N=C\c2cc(C)n(-c3cc(Cl)ccc3OC)c2C)cc1. The Hall–Kier alpha value is -3.25. The topological polar surface area (TPSA) is 64.8 Å². The van der Waals surface area contributed by atoms with Crippen LogP contribution >= 0.6 is 11.6 Å². The van der Waals surface area contributed by atoms with Gasteiger partial charge >= 0.3 is 0 Å². The van der Waals surface area contributed by atoms with Gasteiger partial charge in [0.25, 0.3) is 5.91 Å². The molecule has 0 bridgehead atoms. The van der Waals surface area contributed by atoms with E-state index in [0.29, 0.717) is 22.1 Å². The number of ether oxygens (including phenoxy) is 2. The minimum absolute atomic E-state index is 0.297. The molecule has 2 aromatic carbocycles. The van der Waals surface area contributed by atoms with Crippen LogP contribution in [0.3, 0.4) is 0 Å². The third-order valence-corrected chi connectivity index (χ3v) is 4.81. The van der Waals surface area contributed by atoms with Crippen molar-refractivity contribution < 1.29 is 14.3 Å². The molecule has 29 heavy (non-hydrogen) atoms. The van der Waals surface area contributed by atoms with Crippen LogP contribution in [-0.4, -0.2) is 30.9 Å². The summed E-state index contributed by atoms with van der Waals surface area (Å²) in [5.74, 6) is 1.11. The third-order valence-electron chi connectivity index (χ3n) is 4.57. The van der Waals surface area contributed by atoms with Crippen molar-refractivity contribution in [1.82, 2.24) is 9.99 Å². The number of carbonyl (C=O) groups excluding carboxylic acids is 1. The number of aromatic nitrogens is 1. The molecule has 0 atom stereocenters. The van der Waals surface area contributed by atoms with Gasteiger partial charge < -0.3 is 14.0 Å². The quantitative estimate of drug-likeness (QED) is 0.478. The van der Waals surface area contributed by atoms with Gasteiger partial charge in [0.1, 0.15) is 11.5 Å². The Morgan fingerprint density at radius 2 is 1.79 bits per heavy atom. The fourth-order valence-corrected chi connectivity index (χ4v) is 3.26. The number of nitrogens with one attached hydrogen (secondary N) is 1. The van der Waals surface area contributed by atoms with E-state index in [4.69, 9.17) is 21.1 Å². The molecule has 1 amide bonds. The zero-order valence-corrected chi connectivity index (χ0v) is 17.4. The number of amides is 1. The van der Waals surface area contributed by atoms with Gasteiger partial charge in [-0.3, -0.25) is 4.79 Å². The summed E-state index contributed by atoms with van der Waals surface area (Å²) in [6.07, 6.45) is 1.62. The molecule has 0 saturated carbocycles. The lowest BCUT2D eigenvalue weighted by molar-refractivity contribution is 0.0955. The monoisotopic (exact) mass is 411 g/mol. The molecule has 0 fully saturated rings. The van der Waals surface area contributed by atoms with E-state index in [9.17, 15) is 4.79 Å². The second-order valence-electron chi connectivity index (χ2n) is 6.41. The van der Waals surface area contributed by atoms with E-state index in [1.165, 1.54) is 0 Å². The van der Waals surface area contributed by atoms with E-state index in [1.54, 1.807) is 50.8 Å². The molecule has 0 unspecified atom stereocenters. The van der Waals surface area contributed by atoms with Gasteiger partial charge in [0.2, 0.25) is 0 Å². The summed E-state index contributed by atoms with van der Waals surface area (Å²) in [5, 5.41) is 4.72. The van der Waals surface area contributed by atoms with Crippen molar-refractivity contribution in [2.75, 3.05) is 14.2 Å². The number of hydrazone groups is 1. The van der Waals surface area contributed by atoms with Crippen LogP contribution in [-0.2, 0) is 0 Å². The maximum Gasteiger partial charge on any atom is 0.271 e. The van der Waals surface area contributed by atoms with Gasteiger partial charge in [-0.1, -0.05) is 11.6 Å². The van der Waals surface area contributed by atoms with Crippen LogP contribution in [0.4, 0.5) is 0 Å². The molecule has 1 N–H and O–H groups in total. The largest absolute Gasteiger partial charge is 0.497 e. The van der Waals surface area contributed by atoms with Gasteiger partial charge in [-0.25, -0.2) is 5.43 Å². The van der Waals surface area contributed by atoms with Crippen molar-refractivity contribution in [1.29, 1.82) is 0 Å². The van der Waals surface area contributed by atoms with E-state index < -0.39 is 0 Å². The molecular weight excluding hydrogens is 390 g/mol. The number of carbonyl (C=O) groups is 1. The Morgan fingerprint density at radius 1 is 1.07 bits per heavy atom. The van der Waals surface area contributed by atoms with E-state index in [0.717, 1.165) is 22.6 Å². The lowest BCUT2D eigenvalue weighted by atomic mass is 10.2. The first-order valence-electron chi connectivity index (χ1n) is 8.95. The number of benzene rings is 2. The number of hydrogen-bond donors (Lipinski definition) is 1. The van der Waals surface area contributed by atoms with E-state index in [1.807, 2.05) is 36.6 Å². The van der Waals surface area contributed by atoms with Gasteiger partial charge in [-0.15, -0.1) is 0 Å². The smallest absolute Gasteiger partial charge is 0.271 e. The molecule has 0 radical (unpaired) electrons. The summed E-state index contributed by atoms with van der Waals surface area (Å²) in [5.41, 5.74) is 6.70. The maximum absolute atomic E-state index is 12.2. The molecule has 1 heterocycles. The Bertz CT molecular complexity index is 1060. The Balaban J connectivity index is 1.81. The normalized spacial score (nSPS) is 10.9. The zero-order chi connectivity index (χ0) is 21.0. The minimum atomic E-state index is -0.297. The van der Waals surface area contributed by atoms with Crippen LogP contribution in [0, 0.1) is 13.8 Å². The number of hydrogen-bond acceptors (Lipinski definition) is 4. The summed E-state index contributed by atoms with van der Waals surface area (Å²) >= 11 is 6.18. The van der Waals surface area contributed by atoms with Gasteiger partial charge in [0.15, 0.2) is 0 Å². The molecule has 0 aliphatic carbocycles. The highest BCUT2D eigenvalue weighted by Crippen LogP contribution is 2.30. The molecule has 150 valence electrons. The van der Waals surface area contributed by atoms with Crippen LogP contribution in [0.2, 0.25) is 5.02 Å². The number of methoxy groups -OCH3 is 2. The zero-order valence-electron chi connectivity index (χ0n) is 16.7. The molecule has 7 heteroatoms. The second kappa shape index (κ2) is 8.84. The highest BCUT2D eigenvalue weighted by molar-refractivity contribution is 6.30. The van der Waals surface area contributed by atoms with Crippen molar-refractivity contribution in [2.45, 2.75) is 13.8 Å². The Labute approximate surface area is 174 Å².